The number of aliphatic hydroxyl groups is 1. The largest absolute Gasteiger partial charge is 0.490 e. The van der Waals surface area contributed by atoms with Gasteiger partial charge in [-0.15, -0.1) is 0 Å². The summed E-state index contributed by atoms with van der Waals surface area (Å²) in [6.45, 7) is -0.545. The summed E-state index contributed by atoms with van der Waals surface area (Å²) >= 11 is 0. The number of aromatic nitrogens is 3. The minimum Gasteiger partial charge on any atom is -0.490 e. The number of halogens is 2. The van der Waals surface area contributed by atoms with Gasteiger partial charge >= 0.3 is 0 Å². The van der Waals surface area contributed by atoms with Gasteiger partial charge in [0.1, 0.15) is 42.2 Å². The van der Waals surface area contributed by atoms with Crippen LogP contribution < -0.4 is 4.74 Å². The van der Waals surface area contributed by atoms with Crippen LogP contribution in [0.2, 0.25) is 0 Å². The second-order valence-corrected chi connectivity index (χ2v) is 9.99. The van der Waals surface area contributed by atoms with Crippen LogP contribution in [-0.2, 0) is 12.1 Å². The van der Waals surface area contributed by atoms with Gasteiger partial charge in [0.2, 0.25) is 0 Å². The van der Waals surface area contributed by atoms with E-state index in [2.05, 4.69) is 28.3 Å². The molecule has 0 spiro atoms. The van der Waals surface area contributed by atoms with Crippen molar-refractivity contribution in [1.82, 2.24) is 14.8 Å². The summed E-state index contributed by atoms with van der Waals surface area (Å²) in [6, 6.07) is 27.7. The summed E-state index contributed by atoms with van der Waals surface area (Å²) in [5.74, 6) is -1.50. The van der Waals surface area contributed by atoms with E-state index in [1.807, 2.05) is 42.5 Å². The Morgan fingerprint density at radius 2 is 1.60 bits per heavy atom. The quantitative estimate of drug-likeness (QED) is 0.120. The number of carbonyl (C=O) groups excluding carboxylic acids is 1. The van der Waals surface area contributed by atoms with Gasteiger partial charge in [-0.05, 0) is 75.7 Å². The zero-order chi connectivity index (χ0) is 29.1. The third-order valence-electron chi connectivity index (χ3n) is 7.15. The van der Waals surface area contributed by atoms with Gasteiger partial charge in [-0.3, -0.25) is 4.79 Å². The molecule has 8 heteroatoms. The van der Waals surface area contributed by atoms with Crippen molar-refractivity contribution in [2.75, 3.05) is 6.61 Å². The minimum atomic E-state index is -1.88. The Bertz CT molecular complexity index is 1870. The van der Waals surface area contributed by atoms with E-state index in [-0.39, 0.29) is 24.5 Å². The number of nitrogens with zero attached hydrogens (tertiary/aromatic N) is 3. The van der Waals surface area contributed by atoms with E-state index in [0.29, 0.717) is 17.4 Å². The van der Waals surface area contributed by atoms with Crippen LogP contribution in [0, 0.1) is 11.6 Å². The fourth-order valence-corrected chi connectivity index (χ4v) is 5.06. The molecule has 0 aliphatic heterocycles. The Labute approximate surface area is 240 Å². The Morgan fingerprint density at radius 3 is 2.24 bits per heavy atom. The molecule has 0 bridgehead atoms. The third-order valence-corrected chi connectivity index (χ3v) is 7.15. The van der Waals surface area contributed by atoms with E-state index in [9.17, 15) is 18.7 Å². The van der Waals surface area contributed by atoms with Gasteiger partial charge < -0.3 is 9.84 Å². The first-order valence-electron chi connectivity index (χ1n) is 13.3. The van der Waals surface area contributed by atoms with Crippen LogP contribution in [0.3, 0.4) is 0 Å². The number of hydrogen-bond donors (Lipinski definition) is 1. The normalized spacial score (nSPS) is 13.0. The van der Waals surface area contributed by atoms with Crippen LogP contribution >= 0.6 is 0 Å². The van der Waals surface area contributed by atoms with Crippen molar-refractivity contribution < 1.29 is 23.4 Å². The predicted molar refractivity (Wildman–Crippen MR) is 157 cm³/mol. The molecule has 0 amide bonds. The first-order valence-corrected chi connectivity index (χ1v) is 13.3. The summed E-state index contributed by atoms with van der Waals surface area (Å²) in [5.41, 5.74) is -0.608. The maximum Gasteiger partial charge on any atom is 0.185 e. The molecule has 1 heterocycles. The van der Waals surface area contributed by atoms with Crippen LogP contribution in [0.25, 0.3) is 27.6 Å². The van der Waals surface area contributed by atoms with Crippen LogP contribution in [0.4, 0.5) is 8.78 Å². The smallest absolute Gasteiger partial charge is 0.185 e. The average molecular weight is 562 g/mol. The van der Waals surface area contributed by atoms with Gasteiger partial charge in [0.05, 0.1) is 6.54 Å². The summed E-state index contributed by atoms with van der Waals surface area (Å²) in [6.07, 6.45) is 6.06. The summed E-state index contributed by atoms with van der Waals surface area (Å²) in [4.78, 5) is 16.9. The van der Waals surface area contributed by atoms with Gasteiger partial charge in [0.25, 0.3) is 0 Å². The highest BCUT2D eigenvalue weighted by Crippen LogP contribution is 2.30. The zero-order valence-electron chi connectivity index (χ0n) is 22.3. The van der Waals surface area contributed by atoms with Gasteiger partial charge in [-0.25, -0.2) is 18.4 Å². The molecule has 0 aliphatic rings. The second-order valence-electron chi connectivity index (χ2n) is 9.99. The number of rotatable bonds is 9. The first-order chi connectivity index (χ1) is 20.4. The van der Waals surface area contributed by atoms with Crippen LogP contribution in [-0.4, -0.2) is 32.3 Å². The lowest BCUT2D eigenvalue weighted by Crippen LogP contribution is -2.39. The molecule has 0 aliphatic carbocycles. The summed E-state index contributed by atoms with van der Waals surface area (Å²) in [7, 11) is 0. The predicted octanol–water partition coefficient (Wildman–Crippen LogP) is 6.73. The minimum absolute atomic E-state index is 0.141. The molecule has 6 rings (SSSR count). The average Bonchev–Trinajstić information content (AvgIpc) is 3.51. The molecule has 208 valence electrons. The molecule has 0 saturated carbocycles. The van der Waals surface area contributed by atoms with Crippen molar-refractivity contribution in [2.24, 2.45) is 0 Å². The topological polar surface area (TPSA) is 77.2 Å². The van der Waals surface area contributed by atoms with Crippen LogP contribution in [0.15, 0.2) is 116 Å². The number of ether oxygens (including phenoxy) is 1. The highest BCUT2D eigenvalue weighted by atomic mass is 19.1. The Balaban J connectivity index is 1.21. The van der Waals surface area contributed by atoms with Crippen molar-refractivity contribution in [3.8, 4) is 5.75 Å². The van der Waals surface area contributed by atoms with Crippen molar-refractivity contribution in [3.63, 3.8) is 0 Å². The molecule has 6 nitrogen and oxygen atoms in total. The molecule has 1 atom stereocenters. The van der Waals surface area contributed by atoms with E-state index in [0.717, 1.165) is 33.2 Å². The number of fused-ring (bicyclic) bond motifs is 2. The third kappa shape index (κ3) is 5.53. The molecule has 0 saturated heterocycles. The molecular weight excluding hydrogens is 536 g/mol. The maximum absolute atomic E-state index is 14.7. The molecule has 6 aromatic rings. The number of allylic oxidation sites excluding steroid dienone is 1. The van der Waals surface area contributed by atoms with Gasteiger partial charge in [-0.2, -0.15) is 5.10 Å². The maximum atomic E-state index is 14.7. The summed E-state index contributed by atoms with van der Waals surface area (Å²) in [5, 5.41) is 19.7. The molecule has 0 radical (unpaired) electrons. The number of hydrogen-bond acceptors (Lipinski definition) is 5. The molecule has 0 fully saturated rings. The standard InChI is InChI=1S/C34H25F2N3O3/c35-26-11-15-31(32(36)18-26)34(41,19-39-22-37-21-38-39)20-42-27-12-9-23(10-13-27)33(40)16-14-30-28-7-3-1-5-24(28)17-25-6-2-4-8-29(25)30/h1-18,21-22,41H,19-20H2. The lowest BCUT2D eigenvalue weighted by Gasteiger charge is -2.29. The van der Waals surface area contributed by atoms with Crippen LogP contribution in [0.1, 0.15) is 21.5 Å². The van der Waals surface area contributed by atoms with E-state index in [4.69, 9.17) is 4.74 Å². The molecule has 5 aromatic carbocycles. The van der Waals surface area contributed by atoms with Gasteiger partial charge in [0.15, 0.2) is 5.78 Å². The van der Waals surface area contributed by atoms with E-state index in [1.54, 1.807) is 30.3 Å². The lowest BCUT2D eigenvalue weighted by atomic mass is 9.94. The van der Waals surface area contributed by atoms with E-state index >= 15 is 0 Å². The number of ketones is 1. The van der Waals surface area contributed by atoms with Gasteiger partial charge in [0, 0.05) is 17.2 Å². The number of benzene rings is 5. The first kappa shape index (κ1) is 27.0. The zero-order valence-corrected chi connectivity index (χ0v) is 22.3. The molecular formula is C34H25F2N3O3. The fourth-order valence-electron chi connectivity index (χ4n) is 5.06. The van der Waals surface area contributed by atoms with Crippen molar-refractivity contribution in [2.45, 2.75) is 12.1 Å². The highest BCUT2D eigenvalue weighted by Gasteiger charge is 2.34. The second kappa shape index (κ2) is 11.3. The molecule has 1 N–H and O–H groups in total. The van der Waals surface area contributed by atoms with Crippen molar-refractivity contribution in [3.05, 3.63) is 144 Å². The van der Waals surface area contributed by atoms with Gasteiger partial charge in [-0.1, -0.05) is 54.6 Å². The van der Waals surface area contributed by atoms with E-state index in [1.165, 1.54) is 23.4 Å². The van der Waals surface area contributed by atoms with Crippen LogP contribution in [0.5, 0.6) is 5.75 Å². The lowest BCUT2D eigenvalue weighted by molar-refractivity contribution is -0.0297. The monoisotopic (exact) mass is 561 g/mol. The summed E-state index contributed by atoms with van der Waals surface area (Å²) < 4.78 is 35.4. The molecule has 42 heavy (non-hydrogen) atoms. The highest BCUT2D eigenvalue weighted by molar-refractivity contribution is 6.11. The Hall–Kier alpha value is -5.21. The van der Waals surface area contributed by atoms with Crippen molar-refractivity contribution >= 4 is 33.4 Å². The number of carbonyl (C=O) groups is 1. The molecule has 1 unspecified atom stereocenters. The van der Waals surface area contributed by atoms with Crippen molar-refractivity contribution in [1.29, 1.82) is 0 Å². The Morgan fingerprint density at radius 1 is 0.905 bits per heavy atom. The van der Waals surface area contributed by atoms with E-state index < -0.39 is 17.2 Å². The SMILES string of the molecule is O=C(C=Cc1c2ccccc2cc2ccccc12)c1ccc(OCC(O)(Cn2cncn2)c2ccc(F)cc2F)cc1. The fraction of sp³-hybridized carbons (Fsp3) is 0.0882. The molecule has 1 aromatic heterocycles. The Kier molecular flexibility index (Phi) is 7.29.